The number of hydrogen-bond acceptors (Lipinski definition) is 5. The van der Waals surface area contributed by atoms with Gasteiger partial charge in [-0.05, 0) is 32.9 Å². The van der Waals surface area contributed by atoms with Crippen LogP contribution in [-0.2, 0) is 11.3 Å². The lowest BCUT2D eigenvalue weighted by atomic mass is 9.97. The van der Waals surface area contributed by atoms with Gasteiger partial charge in [-0.3, -0.25) is 4.79 Å². The van der Waals surface area contributed by atoms with Crippen LogP contribution in [0.2, 0.25) is 0 Å². The number of rotatable bonds is 6. The van der Waals surface area contributed by atoms with E-state index in [0.29, 0.717) is 12.5 Å². The Morgan fingerprint density at radius 3 is 2.90 bits per heavy atom. The summed E-state index contributed by atoms with van der Waals surface area (Å²) in [5.74, 6) is 1.45. The number of hydrogen-bond donors (Lipinski definition) is 2. The smallest absolute Gasteiger partial charge is 0.233 e. The van der Waals surface area contributed by atoms with Gasteiger partial charge in [-0.25, -0.2) is 0 Å². The largest absolute Gasteiger partial charge is 0.358 e. The molecule has 0 aliphatic carbocycles. The summed E-state index contributed by atoms with van der Waals surface area (Å²) in [4.78, 5) is 11.7. The molecule has 0 radical (unpaired) electrons. The number of nitrogens with one attached hydrogen (secondary N) is 2. The summed E-state index contributed by atoms with van der Waals surface area (Å²) >= 11 is 1.44. The molecule has 1 atom stereocenters. The third kappa shape index (κ3) is 3.85. The normalized spacial score (nSPS) is 17.4. The molecule has 1 aliphatic rings. The van der Waals surface area contributed by atoms with Crippen molar-refractivity contribution in [2.75, 3.05) is 20.1 Å². The van der Waals surface area contributed by atoms with Crippen LogP contribution in [0, 0.1) is 0 Å². The van der Waals surface area contributed by atoms with Crippen molar-refractivity contribution in [3.05, 3.63) is 18.5 Å². The Labute approximate surface area is 129 Å². The van der Waals surface area contributed by atoms with Crippen LogP contribution in [0.1, 0.15) is 31.5 Å². The van der Waals surface area contributed by atoms with Gasteiger partial charge in [0.1, 0.15) is 5.82 Å². The Morgan fingerprint density at radius 2 is 2.29 bits per heavy atom. The zero-order valence-electron chi connectivity index (χ0n) is 12.6. The third-order valence-electron chi connectivity index (χ3n) is 3.66. The van der Waals surface area contributed by atoms with Crippen LogP contribution in [0.3, 0.4) is 0 Å². The molecular weight excluding hydrogens is 286 g/mol. The molecule has 2 rings (SSSR count). The number of amides is 1. The van der Waals surface area contributed by atoms with E-state index >= 15 is 0 Å². The molecule has 1 saturated heterocycles. The first-order valence-corrected chi connectivity index (χ1v) is 8.18. The highest BCUT2D eigenvalue weighted by Gasteiger charge is 2.24. The first kappa shape index (κ1) is 16.0. The van der Waals surface area contributed by atoms with Crippen molar-refractivity contribution in [2.45, 2.75) is 42.6 Å². The van der Waals surface area contributed by atoms with Crippen LogP contribution < -0.4 is 10.6 Å². The lowest BCUT2D eigenvalue weighted by Crippen LogP contribution is -2.28. The van der Waals surface area contributed by atoms with E-state index in [1.54, 1.807) is 7.05 Å². The first-order valence-electron chi connectivity index (χ1n) is 7.30. The van der Waals surface area contributed by atoms with Gasteiger partial charge in [-0.1, -0.05) is 17.8 Å². The van der Waals surface area contributed by atoms with Gasteiger partial charge in [-0.15, -0.1) is 16.8 Å². The molecule has 0 spiro atoms. The average molecular weight is 309 g/mol. The Hall–Kier alpha value is -1.34. The van der Waals surface area contributed by atoms with Crippen LogP contribution in [0.15, 0.2) is 17.8 Å². The van der Waals surface area contributed by atoms with E-state index in [1.807, 2.05) is 13.0 Å². The Kier molecular flexibility index (Phi) is 5.81. The highest BCUT2D eigenvalue weighted by molar-refractivity contribution is 8.00. The van der Waals surface area contributed by atoms with Crippen molar-refractivity contribution in [1.29, 1.82) is 0 Å². The maximum atomic E-state index is 11.7. The van der Waals surface area contributed by atoms with Gasteiger partial charge in [0.2, 0.25) is 5.91 Å². The molecule has 7 heteroatoms. The van der Waals surface area contributed by atoms with Gasteiger partial charge in [0, 0.05) is 19.5 Å². The third-order valence-corrected chi connectivity index (χ3v) is 4.74. The molecule has 21 heavy (non-hydrogen) atoms. The molecule has 0 saturated carbocycles. The molecule has 1 amide bonds. The van der Waals surface area contributed by atoms with E-state index < -0.39 is 0 Å². The predicted octanol–water partition coefficient (Wildman–Crippen LogP) is 1.16. The first-order chi connectivity index (χ1) is 10.2. The molecule has 1 aromatic rings. The van der Waals surface area contributed by atoms with Crippen molar-refractivity contribution in [1.82, 2.24) is 25.4 Å². The molecule has 2 heterocycles. The minimum absolute atomic E-state index is 0.00318. The quantitative estimate of drug-likeness (QED) is 0.609. The van der Waals surface area contributed by atoms with Gasteiger partial charge in [0.05, 0.1) is 5.25 Å². The molecule has 2 N–H and O–H groups in total. The van der Waals surface area contributed by atoms with Crippen LogP contribution in [0.5, 0.6) is 0 Å². The summed E-state index contributed by atoms with van der Waals surface area (Å²) in [6, 6.07) is 0. The maximum absolute atomic E-state index is 11.7. The minimum Gasteiger partial charge on any atom is -0.358 e. The summed E-state index contributed by atoms with van der Waals surface area (Å²) in [6.45, 7) is 8.40. The second-order valence-electron chi connectivity index (χ2n) is 5.14. The fourth-order valence-electron chi connectivity index (χ4n) is 2.48. The highest BCUT2D eigenvalue weighted by Crippen LogP contribution is 2.29. The number of carbonyl (C=O) groups is 1. The molecular formula is C14H23N5OS. The van der Waals surface area contributed by atoms with Crippen molar-refractivity contribution in [3.8, 4) is 0 Å². The van der Waals surface area contributed by atoms with Crippen LogP contribution in [0.4, 0.5) is 0 Å². The van der Waals surface area contributed by atoms with Gasteiger partial charge in [0.15, 0.2) is 5.16 Å². The van der Waals surface area contributed by atoms with E-state index in [-0.39, 0.29) is 11.2 Å². The standard InChI is InChI=1S/C14H23N5OS/c1-4-9-19-12(11-5-7-16-8-6-11)17-18-14(19)21-10(2)13(20)15-3/h4,10-11,16H,1,5-9H2,2-3H3,(H,15,20)/t10-/m0/s1. The molecule has 6 nitrogen and oxygen atoms in total. The second-order valence-corrected chi connectivity index (χ2v) is 6.45. The van der Waals surface area contributed by atoms with E-state index in [0.717, 1.165) is 36.9 Å². The van der Waals surface area contributed by atoms with Crippen LogP contribution >= 0.6 is 11.8 Å². The summed E-state index contributed by atoms with van der Waals surface area (Å²) in [7, 11) is 1.65. The molecule has 1 aliphatic heterocycles. The molecule has 1 aromatic heterocycles. The van der Waals surface area contributed by atoms with Crippen molar-refractivity contribution in [2.24, 2.45) is 0 Å². The fourth-order valence-corrected chi connectivity index (χ4v) is 3.41. The fraction of sp³-hybridized carbons (Fsp3) is 0.643. The molecule has 0 bridgehead atoms. The van der Waals surface area contributed by atoms with E-state index in [1.165, 1.54) is 11.8 Å². The van der Waals surface area contributed by atoms with Crippen molar-refractivity contribution in [3.63, 3.8) is 0 Å². The lowest BCUT2D eigenvalue weighted by Gasteiger charge is -2.22. The number of carbonyl (C=O) groups excluding carboxylic acids is 1. The summed E-state index contributed by atoms with van der Waals surface area (Å²) in [6.07, 6.45) is 4.00. The van der Waals surface area contributed by atoms with Crippen LogP contribution in [-0.4, -0.2) is 46.1 Å². The number of aromatic nitrogens is 3. The summed E-state index contributed by atoms with van der Waals surface area (Å²) in [5, 5.41) is 15.3. The van der Waals surface area contributed by atoms with Gasteiger partial charge < -0.3 is 15.2 Å². The van der Waals surface area contributed by atoms with Gasteiger partial charge >= 0.3 is 0 Å². The van der Waals surface area contributed by atoms with E-state index in [4.69, 9.17) is 0 Å². The lowest BCUT2D eigenvalue weighted by molar-refractivity contribution is -0.119. The molecule has 0 aromatic carbocycles. The van der Waals surface area contributed by atoms with Crippen molar-refractivity contribution < 1.29 is 4.79 Å². The summed E-state index contributed by atoms with van der Waals surface area (Å²) < 4.78 is 2.09. The Bertz CT molecular complexity index is 496. The maximum Gasteiger partial charge on any atom is 0.233 e. The van der Waals surface area contributed by atoms with Gasteiger partial charge in [-0.2, -0.15) is 0 Å². The van der Waals surface area contributed by atoms with Crippen LogP contribution in [0.25, 0.3) is 0 Å². The Morgan fingerprint density at radius 1 is 1.57 bits per heavy atom. The average Bonchev–Trinajstić information content (AvgIpc) is 2.90. The van der Waals surface area contributed by atoms with Gasteiger partial charge in [0.25, 0.3) is 0 Å². The number of nitrogens with zero attached hydrogens (tertiary/aromatic N) is 3. The van der Waals surface area contributed by atoms with E-state index in [9.17, 15) is 4.79 Å². The monoisotopic (exact) mass is 309 g/mol. The summed E-state index contributed by atoms with van der Waals surface area (Å²) in [5.41, 5.74) is 0. The number of thioether (sulfide) groups is 1. The SMILES string of the molecule is C=CCn1c(S[C@@H](C)C(=O)NC)nnc1C1CCNCC1. The van der Waals surface area contributed by atoms with E-state index in [2.05, 4.69) is 32.0 Å². The number of allylic oxidation sites excluding steroid dienone is 1. The number of piperidine rings is 1. The zero-order chi connectivity index (χ0) is 15.2. The zero-order valence-corrected chi connectivity index (χ0v) is 13.4. The van der Waals surface area contributed by atoms with Crippen molar-refractivity contribution >= 4 is 17.7 Å². The minimum atomic E-state index is -0.191. The predicted molar refractivity (Wildman–Crippen MR) is 84.4 cm³/mol. The topological polar surface area (TPSA) is 71.8 Å². The highest BCUT2D eigenvalue weighted by atomic mass is 32.2. The molecule has 116 valence electrons. The molecule has 1 fully saturated rings. The molecule has 0 unspecified atom stereocenters. The second kappa shape index (κ2) is 7.61. The Balaban J connectivity index is 2.19.